The van der Waals surface area contributed by atoms with Gasteiger partial charge in [0, 0.05) is 13.5 Å². The number of carboxylic acid groups (broad SMARTS) is 1. The van der Waals surface area contributed by atoms with E-state index in [2.05, 4.69) is 0 Å². The van der Waals surface area contributed by atoms with Crippen LogP contribution in [0.15, 0.2) is 35.0 Å². The van der Waals surface area contributed by atoms with Gasteiger partial charge in [0.25, 0.3) is 5.97 Å². The highest BCUT2D eigenvalue weighted by molar-refractivity contribution is 6.57. The molecular formula is C14H20BNO6. The Hall–Kier alpha value is -1.61. The molecule has 120 valence electrons. The monoisotopic (exact) mass is 309 g/mol. The summed E-state index contributed by atoms with van der Waals surface area (Å²) in [5, 5.41) is 17.0. The lowest BCUT2D eigenvalue weighted by molar-refractivity contribution is -0.134. The maximum atomic E-state index is 9.56. The third-order valence-electron chi connectivity index (χ3n) is 3.65. The summed E-state index contributed by atoms with van der Waals surface area (Å²) in [6, 6.07) is 0. The molecule has 2 atom stereocenters. The number of aliphatic hydroxyl groups is 1. The van der Waals surface area contributed by atoms with Crippen molar-refractivity contribution in [3.05, 3.63) is 35.0 Å². The van der Waals surface area contributed by atoms with Crippen molar-refractivity contribution in [1.29, 1.82) is 0 Å². The summed E-state index contributed by atoms with van der Waals surface area (Å²) < 4.78 is 17.0. The SMILES string of the molecule is CC(=O)O.CC1(CO)OB2OC(CN)C=C3C=COCC1=C23. The van der Waals surface area contributed by atoms with E-state index in [1.807, 2.05) is 19.1 Å². The van der Waals surface area contributed by atoms with Gasteiger partial charge in [-0.3, -0.25) is 4.79 Å². The maximum absolute atomic E-state index is 9.56. The van der Waals surface area contributed by atoms with Gasteiger partial charge in [0.05, 0.1) is 24.6 Å². The van der Waals surface area contributed by atoms with Crippen molar-refractivity contribution in [2.75, 3.05) is 19.8 Å². The van der Waals surface area contributed by atoms with Gasteiger partial charge in [-0.15, -0.1) is 0 Å². The highest BCUT2D eigenvalue weighted by Gasteiger charge is 2.50. The van der Waals surface area contributed by atoms with Crippen LogP contribution in [0.2, 0.25) is 0 Å². The third kappa shape index (κ3) is 3.25. The van der Waals surface area contributed by atoms with Crippen LogP contribution in [0.4, 0.5) is 0 Å². The zero-order valence-electron chi connectivity index (χ0n) is 12.6. The van der Waals surface area contributed by atoms with Crippen molar-refractivity contribution in [3.8, 4) is 0 Å². The lowest BCUT2D eigenvalue weighted by atomic mass is 9.70. The van der Waals surface area contributed by atoms with E-state index in [4.69, 9.17) is 29.7 Å². The van der Waals surface area contributed by atoms with Gasteiger partial charge in [0.2, 0.25) is 0 Å². The van der Waals surface area contributed by atoms with Crippen molar-refractivity contribution < 1.29 is 29.1 Å². The number of rotatable bonds is 2. The second-order valence-electron chi connectivity index (χ2n) is 5.40. The van der Waals surface area contributed by atoms with Gasteiger partial charge in [-0.05, 0) is 35.7 Å². The minimum atomic E-state index is -0.833. The predicted molar refractivity (Wildman–Crippen MR) is 79.8 cm³/mol. The first-order valence-corrected chi connectivity index (χ1v) is 6.99. The van der Waals surface area contributed by atoms with Gasteiger partial charge in [-0.1, -0.05) is 0 Å². The third-order valence-corrected chi connectivity index (χ3v) is 3.65. The average Bonchev–Trinajstić information content (AvgIpc) is 2.62. The molecule has 3 aliphatic rings. The van der Waals surface area contributed by atoms with E-state index in [0.29, 0.717) is 13.2 Å². The molecule has 0 amide bonds. The van der Waals surface area contributed by atoms with Gasteiger partial charge in [0.1, 0.15) is 6.61 Å². The molecule has 0 aromatic carbocycles. The van der Waals surface area contributed by atoms with Crippen LogP contribution in [-0.4, -0.2) is 54.8 Å². The molecule has 4 N–H and O–H groups in total. The fourth-order valence-electron chi connectivity index (χ4n) is 2.57. The normalized spacial score (nSPS) is 29.0. The Morgan fingerprint density at radius 3 is 2.86 bits per heavy atom. The molecule has 3 rings (SSSR count). The Labute approximate surface area is 129 Å². The van der Waals surface area contributed by atoms with E-state index in [1.54, 1.807) is 6.26 Å². The van der Waals surface area contributed by atoms with Crippen LogP contribution in [0.25, 0.3) is 0 Å². The molecule has 0 aromatic heterocycles. The number of nitrogens with two attached hydrogens (primary N) is 1. The zero-order valence-corrected chi connectivity index (χ0v) is 12.6. The van der Waals surface area contributed by atoms with Crippen LogP contribution in [0.5, 0.6) is 0 Å². The lowest BCUT2D eigenvalue weighted by Crippen LogP contribution is -2.40. The van der Waals surface area contributed by atoms with E-state index < -0.39 is 18.7 Å². The molecule has 2 unspecified atom stereocenters. The van der Waals surface area contributed by atoms with Gasteiger partial charge in [-0.25, -0.2) is 0 Å². The van der Waals surface area contributed by atoms with Crippen LogP contribution in [0.1, 0.15) is 13.8 Å². The molecule has 0 fully saturated rings. The van der Waals surface area contributed by atoms with Crippen LogP contribution in [-0.2, 0) is 18.8 Å². The molecule has 7 nitrogen and oxygen atoms in total. The number of carbonyl (C=O) groups is 1. The molecule has 3 heterocycles. The van der Waals surface area contributed by atoms with Gasteiger partial charge >= 0.3 is 7.12 Å². The van der Waals surface area contributed by atoms with E-state index in [9.17, 15) is 5.11 Å². The minimum Gasteiger partial charge on any atom is -0.497 e. The van der Waals surface area contributed by atoms with E-state index in [0.717, 1.165) is 23.5 Å². The van der Waals surface area contributed by atoms with Crippen molar-refractivity contribution in [1.82, 2.24) is 0 Å². The number of ether oxygens (including phenoxy) is 1. The number of hydrogen-bond donors (Lipinski definition) is 3. The largest absolute Gasteiger partial charge is 0.497 e. The maximum Gasteiger partial charge on any atom is 0.495 e. The fourth-order valence-corrected chi connectivity index (χ4v) is 2.57. The molecule has 0 saturated heterocycles. The first kappa shape index (κ1) is 16.8. The summed E-state index contributed by atoms with van der Waals surface area (Å²) in [7, 11) is -0.461. The Bertz CT molecular complexity index is 539. The van der Waals surface area contributed by atoms with Crippen LogP contribution in [0, 0.1) is 0 Å². The minimum absolute atomic E-state index is 0.102. The average molecular weight is 309 g/mol. The summed E-state index contributed by atoms with van der Waals surface area (Å²) in [6.45, 7) is 3.64. The van der Waals surface area contributed by atoms with E-state index in [-0.39, 0.29) is 12.7 Å². The van der Waals surface area contributed by atoms with Crippen molar-refractivity contribution in [3.63, 3.8) is 0 Å². The van der Waals surface area contributed by atoms with Crippen LogP contribution >= 0.6 is 0 Å². The number of carboxylic acids is 1. The fraction of sp³-hybridized carbons (Fsp3) is 0.500. The molecule has 8 heteroatoms. The van der Waals surface area contributed by atoms with E-state index >= 15 is 0 Å². The summed E-state index contributed by atoms with van der Waals surface area (Å²) >= 11 is 0. The number of allylic oxidation sites excluding steroid dienone is 3. The second-order valence-corrected chi connectivity index (χ2v) is 5.40. The van der Waals surface area contributed by atoms with Crippen molar-refractivity contribution in [2.45, 2.75) is 25.6 Å². The number of aliphatic carboxylic acids is 1. The first-order valence-electron chi connectivity index (χ1n) is 6.99. The summed E-state index contributed by atoms with van der Waals surface area (Å²) in [5.74, 6) is -0.833. The Kier molecular flexibility index (Phi) is 5.07. The van der Waals surface area contributed by atoms with Crippen LogP contribution < -0.4 is 5.73 Å². The standard InChI is InChI=1S/C12H16BNO4.C2H4O2/c1-12(7-15)10-6-16-3-2-8-4-9(5-14)17-13(18-12)11(8)10;1-2(3)4/h2-4,9,15H,5-7,14H2,1H3;1H3,(H,3,4). The molecule has 22 heavy (non-hydrogen) atoms. The molecule has 0 saturated carbocycles. The first-order chi connectivity index (χ1) is 10.4. The Morgan fingerprint density at radius 2 is 2.27 bits per heavy atom. The van der Waals surface area contributed by atoms with Gasteiger partial charge in [-0.2, -0.15) is 0 Å². The summed E-state index contributed by atoms with van der Waals surface area (Å²) in [4.78, 5) is 9.00. The molecule has 0 bridgehead atoms. The number of aliphatic hydroxyl groups excluding tert-OH is 1. The molecular weight excluding hydrogens is 289 g/mol. The summed E-state index contributed by atoms with van der Waals surface area (Å²) in [5.41, 5.74) is 7.85. The molecule has 3 aliphatic heterocycles. The highest BCUT2D eigenvalue weighted by Crippen LogP contribution is 2.41. The Balaban J connectivity index is 0.000000396. The molecule has 0 spiro atoms. The highest BCUT2D eigenvalue weighted by atomic mass is 16.6. The topological polar surface area (TPSA) is 111 Å². The smallest absolute Gasteiger partial charge is 0.495 e. The lowest BCUT2D eigenvalue weighted by Gasteiger charge is -2.27. The predicted octanol–water partition coefficient (Wildman–Crippen LogP) is 0.0103. The molecule has 0 aliphatic carbocycles. The van der Waals surface area contributed by atoms with Gasteiger partial charge in [0.15, 0.2) is 0 Å². The number of hydrogen-bond acceptors (Lipinski definition) is 6. The van der Waals surface area contributed by atoms with Crippen molar-refractivity contribution in [2.24, 2.45) is 5.73 Å². The van der Waals surface area contributed by atoms with Crippen molar-refractivity contribution >= 4 is 13.1 Å². The quantitative estimate of drug-likeness (QED) is 0.616. The Morgan fingerprint density at radius 1 is 1.59 bits per heavy atom. The molecule has 0 radical (unpaired) electrons. The summed E-state index contributed by atoms with van der Waals surface area (Å²) in [6.07, 6.45) is 5.37. The molecule has 0 aromatic rings. The van der Waals surface area contributed by atoms with Gasteiger partial charge < -0.3 is 30.0 Å². The second kappa shape index (κ2) is 6.66. The zero-order chi connectivity index (χ0) is 16.3. The van der Waals surface area contributed by atoms with Crippen LogP contribution in [0.3, 0.4) is 0 Å². The van der Waals surface area contributed by atoms with E-state index in [1.165, 1.54) is 0 Å².